The van der Waals surface area contributed by atoms with Crippen molar-refractivity contribution in [1.29, 1.82) is 0 Å². The molecule has 2 N–H and O–H groups in total. The summed E-state index contributed by atoms with van der Waals surface area (Å²) in [7, 11) is 0. The summed E-state index contributed by atoms with van der Waals surface area (Å²) in [5.74, 6) is 1.79. The zero-order chi connectivity index (χ0) is 16.3. The van der Waals surface area contributed by atoms with E-state index in [2.05, 4.69) is 34.0 Å². The van der Waals surface area contributed by atoms with Gasteiger partial charge < -0.3 is 19.8 Å². The summed E-state index contributed by atoms with van der Waals surface area (Å²) in [5, 5.41) is 6.59. The molecule has 0 aromatic carbocycles. The van der Waals surface area contributed by atoms with E-state index in [0.717, 1.165) is 57.5 Å². The van der Waals surface area contributed by atoms with Crippen LogP contribution in [-0.2, 0) is 11.2 Å². The molecule has 0 radical (unpaired) electrons. The molecule has 1 aliphatic heterocycles. The van der Waals surface area contributed by atoms with E-state index in [1.54, 1.807) is 6.26 Å². The van der Waals surface area contributed by atoms with Gasteiger partial charge in [0.1, 0.15) is 5.76 Å². The molecule has 0 aliphatic carbocycles. The third-order valence-corrected chi connectivity index (χ3v) is 3.84. The van der Waals surface area contributed by atoms with Crippen molar-refractivity contribution >= 4 is 29.9 Å². The summed E-state index contributed by atoms with van der Waals surface area (Å²) in [6.45, 7) is 11.8. The molecule has 1 aromatic heterocycles. The fourth-order valence-corrected chi connectivity index (χ4v) is 2.46. The molecule has 1 saturated heterocycles. The van der Waals surface area contributed by atoms with Gasteiger partial charge >= 0.3 is 0 Å². The Balaban J connectivity index is 0.00000288. The van der Waals surface area contributed by atoms with Crippen LogP contribution in [0.2, 0.25) is 0 Å². The molecule has 136 valence electrons. The molecule has 1 fully saturated rings. The Morgan fingerprint density at radius 1 is 1.42 bits per heavy atom. The van der Waals surface area contributed by atoms with Crippen molar-refractivity contribution in [3.8, 4) is 0 Å². The first-order valence-electron chi connectivity index (χ1n) is 8.27. The average Bonchev–Trinajstić information content (AvgIpc) is 3.10. The number of nitrogens with one attached hydrogen (secondary N) is 2. The molecule has 24 heavy (non-hydrogen) atoms. The normalized spacial score (nSPS) is 17.0. The molecular formula is C17H29IN4O2. The molecule has 6 nitrogen and oxygen atoms in total. The first kappa shape index (κ1) is 21.0. The molecule has 0 saturated carbocycles. The van der Waals surface area contributed by atoms with Gasteiger partial charge in [0.15, 0.2) is 5.96 Å². The second-order valence-electron chi connectivity index (χ2n) is 5.61. The highest BCUT2D eigenvalue weighted by atomic mass is 127. The highest BCUT2D eigenvalue weighted by Gasteiger charge is 2.16. The molecule has 1 aliphatic rings. The lowest BCUT2D eigenvalue weighted by Gasteiger charge is -2.31. The Morgan fingerprint density at radius 2 is 2.21 bits per heavy atom. The van der Waals surface area contributed by atoms with Crippen LogP contribution < -0.4 is 10.6 Å². The smallest absolute Gasteiger partial charge is 0.191 e. The third kappa shape index (κ3) is 7.67. The lowest BCUT2D eigenvalue weighted by Crippen LogP contribution is -2.44. The van der Waals surface area contributed by atoms with Crippen LogP contribution in [-0.4, -0.2) is 62.8 Å². The summed E-state index contributed by atoms with van der Waals surface area (Å²) >= 11 is 0. The topological polar surface area (TPSA) is 62.0 Å². The largest absolute Gasteiger partial charge is 0.469 e. The van der Waals surface area contributed by atoms with Crippen molar-refractivity contribution in [2.45, 2.75) is 19.4 Å². The molecular weight excluding hydrogens is 419 g/mol. The monoisotopic (exact) mass is 448 g/mol. The van der Waals surface area contributed by atoms with Crippen LogP contribution in [0.3, 0.4) is 0 Å². The van der Waals surface area contributed by atoms with E-state index in [4.69, 9.17) is 9.15 Å². The van der Waals surface area contributed by atoms with Crippen molar-refractivity contribution in [2.24, 2.45) is 4.99 Å². The van der Waals surface area contributed by atoms with E-state index in [1.165, 1.54) is 0 Å². The summed E-state index contributed by atoms with van der Waals surface area (Å²) in [6, 6.07) is 4.30. The molecule has 1 aromatic rings. The van der Waals surface area contributed by atoms with Crippen molar-refractivity contribution in [3.05, 3.63) is 36.8 Å². The number of furan rings is 1. The van der Waals surface area contributed by atoms with E-state index >= 15 is 0 Å². The van der Waals surface area contributed by atoms with Crippen molar-refractivity contribution < 1.29 is 9.15 Å². The lowest BCUT2D eigenvalue weighted by molar-refractivity contribution is 0.0220. The van der Waals surface area contributed by atoms with E-state index in [9.17, 15) is 0 Å². The first-order chi connectivity index (χ1) is 11.3. The minimum atomic E-state index is 0. The minimum absolute atomic E-state index is 0. The van der Waals surface area contributed by atoms with Gasteiger partial charge in [-0.15, -0.1) is 30.6 Å². The maximum absolute atomic E-state index is 5.39. The van der Waals surface area contributed by atoms with Crippen LogP contribution in [0.15, 0.2) is 40.5 Å². The SMILES string of the molecule is C=CCNC(=NCC(C)N1CCOCC1)NCCc1ccco1.I. The van der Waals surface area contributed by atoms with Crippen LogP contribution in [0.5, 0.6) is 0 Å². The maximum atomic E-state index is 5.39. The number of halogens is 1. The van der Waals surface area contributed by atoms with Crippen molar-refractivity contribution in [1.82, 2.24) is 15.5 Å². The molecule has 7 heteroatoms. The van der Waals surface area contributed by atoms with Crippen LogP contribution >= 0.6 is 24.0 Å². The van der Waals surface area contributed by atoms with E-state index in [0.29, 0.717) is 12.6 Å². The highest BCUT2D eigenvalue weighted by Crippen LogP contribution is 2.04. The van der Waals surface area contributed by atoms with Crippen molar-refractivity contribution in [2.75, 3.05) is 45.9 Å². The van der Waals surface area contributed by atoms with Crippen LogP contribution in [0.1, 0.15) is 12.7 Å². The molecule has 0 amide bonds. The predicted octanol–water partition coefficient (Wildman–Crippen LogP) is 1.88. The molecule has 2 heterocycles. The number of hydrogen-bond donors (Lipinski definition) is 2. The highest BCUT2D eigenvalue weighted by molar-refractivity contribution is 14.0. The molecule has 1 unspecified atom stereocenters. The summed E-state index contributed by atoms with van der Waals surface area (Å²) < 4.78 is 10.7. The number of hydrogen-bond acceptors (Lipinski definition) is 4. The fraction of sp³-hybridized carbons (Fsp3) is 0.588. The summed E-state index contributed by atoms with van der Waals surface area (Å²) in [4.78, 5) is 7.11. The number of ether oxygens (including phenoxy) is 1. The van der Waals surface area contributed by atoms with Crippen molar-refractivity contribution in [3.63, 3.8) is 0 Å². The zero-order valence-corrected chi connectivity index (χ0v) is 16.7. The fourth-order valence-electron chi connectivity index (χ4n) is 2.46. The number of rotatable bonds is 8. The average molecular weight is 448 g/mol. The molecule has 0 bridgehead atoms. The lowest BCUT2D eigenvalue weighted by atomic mass is 10.2. The van der Waals surface area contributed by atoms with Crippen LogP contribution in [0, 0.1) is 0 Å². The third-order valence-electron chi connectivity index (χ3n) is 3.84. The standard InChI is InChI=1S/C17H28N4O2.HI/c1-3-7-18-17(19-8-6-16-5-4-11-23-16)20-14-15(2)21-9-12-22-13-10-21;/h3-5,11,15H,1,6-10,12-14H2,2H3,(H2,18,19,20);1H. The second kappa shape index (κ2) is 12.3. The number of aliphatic imine (C=N–C) groups is 1. The van der Waals surface area contributed by atoms with Gasteiger partial charge in [-0.25, -0.2) is 0 Å². The van der Waals surface area contributed by atoms with Gasteiger partial charge in [0, 0.05) is 38.6 Å². The van der Waals surface area contributed by atoms with Gasteiger partial charge in [-0.05, 0) is 19.1 Å². The first-order valence-corrected chi connectivity index (χ1v) is 8.27. The minimum Gasteiger partial charge on any atom is -0.469 e. The number of morpholine rings is 1. The van der Waals surface area contributed by atoms with Gasteiger partial charge in [0.25, 0.3) is 0 Å². The number of guanidine groups is 1. The Hall–Kier alpha value is -1.06. The Labute approximate surface area is 161 Å². The molecule has 1 atom stereocenters. The number of nitrogens with zero attached hydrogens (tertiary/aromatic N) is 2. The van der Waals surface area contributed by atoms with Gasteiger partial charge in [0.2, 0.25) is 0 Å². The maximum Gasteiger partial charge on any atom is 0.191 e. The summed E-state index contributed by atoms with van der Waals surface area (Å²) in [6.07, 6.45) is 4.36. The van der Waals surface area contributed by atoms with Gasteiger partial charge in [-0.1, -0.05) is 6.08 Å². The molecule has 2 rings (SSSR count). The predicted molar refractivity (Wildman–Crippen MR) is 108 cm³/mol. The molecule has 0 spiro atoms. The van der Waals surface area contributed by atoms with Gasteiger partial charge in [0.05, 0.1) is 26.0 Å². The van der Waals surface area contributed by atoms with Crippen LogP contribution in [0.25, 0.3) is 0 Å². The summed E-state index contributed by atoms with van der Waals surface area (Å²) in [5.41, 5.74) is 0. The van der Waals surface area contributed by atoms with Gasteiger partial charge in [-0.3, -0.25) is 9.89 Å². The quantitative estimate of drug-likeness (QED) is 0.275. The van der Waals surface area contributed by atoms with Crippen LogP contribution in [0.4, 0.5) is 0 Å². The van der Waals surface area contributed by atoms with E-state index < -0.39 is 0 Å². The van der Waals surface area contributed by atoms with E-state index in [-0.39, 0.29) is 24.0 Å². The van der Waals surface area contributed by atoms with Gasteiger partial charge in [-0.2, -0.15) is 0 Å². The Kier molecular flexibility index (Phi) is 10.8. The second-order valence-corrected chi connectivity index (χ2v) is 5.61. The Bertz CT molecular complexity index is 473. The zero-order valence-electron chi connectivity index (χ0n) is 14.4. The Morgan fingerprint density at radius 3 is 2.88 bits per heavy atom. The van der Waals surface area contributed by atoms with E-state index in [1.807, 2.05) is 18.2 Å².